The molecule has 1 saturated heterocycles. The van der Waals surface area contributed by atoms with Crippen LogP contribution in [0.25, 0.3) is 0 Å². The number of rotatable bonds is 3. The standard InChI is InChI=1S/C15H23FN2O4Si/c1-15(2,3)23(4,5)20-8-11-10-6-12(21-11)18-7-9(16)13(19)17-14(18)22-10/h7,10-12H,6,8H2,1-5H3/t10-,11-,12-/m1/s1. The molecule has 1 aromatic heterocycles. The fourth-order valence-corrected chi connectivity index (χ4v) is 3.53. The number of nitrogens with zero attached hydrogens (tertiary/aromatic N) is 2. The van der Waals surface area contributed by atoms with E-state index in [4.69, 9.17) is 13.9 Å². The molecule has 0 aromatic carbocycles. The summed E-state index contributed by atoms with van der Waals surface area (Å²) < 4.78 is 32.7. The number of aromatic nitrogens is 2. The van der Waals surface area contributed by atoms with Crippen molar-refractivity contribution < 1.29 is 18.3 Å². The molecule has 8 heteroatoms. The summed E-state index contributed by atoms with van der Waals surface area (Å²) in [6.07, 6.45) is 0.876. The van der Waals surface area contributed by atoms with Gasteiger partial charge in [-0.15, -0.1) is 0 Å². The van der Waals surface area contributed by atoms with Gasteiger partial charge in [-0.25, -0.2) is 0 Å². The van der Waals surface area contributed by atoms with E-state index in [1.165, 1.54) is 4.57 Å². The van der Waals surface area contributed by atoms with Crippen molar-refractivity contribution in [2.75, 3.05) is 6.61 Å². The first-order valence-corrected chi connectivity index (χ1v) is 10.7. The van der Waals surface area contributed by atoms with Gasteiger partial charge in [0.2, 0.25) is 5.82 Å². The minimum Gasteiger partial charge on any atom is -0.458 e. The highest BCUT2D eigenvalue weighted by Gasteiger charge is 2.45. The van der Waals surface area contributed by atoms with Crippen molar-refractivity contribution in [2.24, 2.45) is 0 Å². The van der Waals surface area contributed by atoms with Crippen LogP contribution < -0.4 is 10.3 Å². The third-order valence-electron chi connectivity index (χ3n) is 5.04. The van der Waals surface area contributed by atoms with Crippen LogP contribution in [0.2, 0.25) is 18.1 Å². The summed E-state index contributed by atoms with van der Waals surface area (Å²) in [6.45, 7) is 11.3. The lowest BCUT2D eigenvalue weighted by molar-refractivity contribution is -0.0222. The van der Waals surface area contributed by atoms with Gasteiger partial charge in [0.15, 0.2) is 8.32 Å². The maximum atomic E-state index is 13.4. The predicted molar refractivity (Wildman–Crippen MR) is 84.5 cm³/mol. The highest BCUT2D eigenvalue weighted by molar-refractivity contribution is 6.74. The Bertz CT molecular complexity index is 670. The van der Waals surface area contributed by atoms with Crippen LogP contribution in [-0.4, -0.2) is 36.7 Å². The van der Waals surface area contributed by atoms with E-state index in [9.17, 15) is 9.18 Å². The average Bonchev–Trinajstić information content (AvgIpc) is 2.76. The van der Waals surface area contributed by atoms with Crippen LogP contribution >= 0.6 is 0 Å². The monoisotopic (exact) mass is 342 g/mol. The second-order valence-electron chi connectivity index (χ2n) is 7.68. The van der Waals surface area contributed by atoms with Gasteiger partial charge in [-0.3, -0.25) is 9.36 Å². The maximum absolute atomic E-state index is 13.4. The Morgan fingerprint density at radius 3 is 2.83 bits per heavy atom. The second-order valence-corrected chi connectivity index (χ2v) is 12.5. The Kier molecular flexibility index (Phi) is 3.89. The minimum absolute atomic E-state index is 0.112. The van der Waals surface area contributed by atoms with Gasteiger partial charge >= 0.3 is 11.6 Å². The number of fused-ring (bicyclic) bond motifs is 4. The van der Waals surface area contributed by atoms with Crippen molar-refractivity contribution in [1.29, 1.82) is 0 Å². The van der Waals surface area contributed by atoms with Crippen LogP contribution in [0.5, 0.6) is 6.01 Å². The molecule has 0 saturated carbocycles. The Balaban J connectivity index is 1.73. The number of hydrogen-bond acceptors (Lipinski definition) is 5. The topological polar surface area (TPSA) is 62.6 Å². The molecule has 23 heavy (non-hydrogen) atoms. The highest BCUT2D eigenvalue weighted by atomic mass is 28.4. The van der Waals surface area contributed by atoms with E-state index in [0.29, 0.717) is 13.0 Å². The molecule has 1 fully saturated rings. The van der Waals surface area contributed by atoms with Gasteiger partial charge in [-0.05, 0) is 18.1 Å². The van der Waals surface area contributed by atoms with Crippen LogP contribution in [0, 0.1) is 5.82 Å². The second kappa shape index (κ2) is 5.39. The van der Waals surface area contributed by atoms with E-state index in [2.05, 4.69) is 38.8 Å². The van der Waals surface area contributed by atoms with Crippen molar-refractivity contribution in [3.63, 3.8) is 0 Å². The number of halogens is 1. The smallest absolute Gasteiger partial charge is 0.311 e. The largest absolute Gasteiger partial charge is 0.458 e. The van der Waals surface area contributed by atoms with Gasteiger partial charge in [0.25, 0.3) is 0 Å². The Hall–Kier alpha value is -1.25. The molecule has 2 aliphatic heterocycles. The maximum Gasteiger partial charge on any atom is 0.311 e. The van der Waals surface area contributed by atoms with Crippen LogP contribution in [0.15, 0.2) is 11.0 Å². The summed E-state index contributed by atoms with van der Waals surface area (Å²) in [6, 6.07) is 0.118. The van der Waals surface area contributed by atoms with E-state index in [1.807, 2.05) is 0 Å². The lowest BCUT2D eigenvalue weighted by Crippen LogP contribution is -2.44. The Morgan fingerprint density at radius 2 is 2.17 bits per heavy atom. The summed E-state index contributed by atoms with van der Waals surface area (Å²) in [5, 5.41) is 0.112. The van der Waals surface area contributed by atoms with Gasteiger partial charge in [0.05, 0.1) is 12.8 Å². The molecule has 128 valence electrons. The van der Waals surface area contributed by atoms with Gasteiger partial charge in [0.1, 0.15) is 18.4 Å². The lowest BCUT2D eigenvalue weighted by Gasteiger charge is -2.37. The van der Waals surface area contributed by atoms with E-state index in [0.717, 1.165) is 6.20 Å². The lowest BCUT2D eigenvalue weighted by atomic mass is 10.2. The normalized spacial score (nSPS) is 26.8. The summed E-state index contributed by atoms with van der Waals surface area (Å²) in [7, 11) is -1.88. The average molecular weight is 342 g/mol. The minimum atomic E-state index is -1.88. The van der Waals surface area contributed by atoms with Gasteiger partial charge in [-0.1, -0.05) is 20.8 Å². The third-order valence-corrected chi connectivity index (χ3v) is 9.54. The molecule has 0 aliphatic carbocycles. The van der Waals surface area contributed by atoms with Crippen molar-refractivity contribution in [2.45, 2.75) is 63.8 Å². The summed E-state index contributed by atoms with van der Waals surface area (Å²) in [5.74, 6) is -0.902. The van der Waals surface area contributed by atoms with Crippen LogP contribution in [0.4, 0.5) is 4.39 Å². The molecule has 3 heterocycles. The molecule has 0 N–H and O–H groups in total. The molecular weight excluding hydrogens is 319 g/mol. The quantitative estimate of drug-likeness (QED) is 0.790. The molecule has 0 spiro atoms. The van der Waals surface area contributed by atoms with Crippen molar-refractivity contribution in [3.05, 3.63) is 22.4 Å². The molecule has 1 aromatic rings. The molecule has 3 rings (SSSR count). The molecule has 0 unspecified atom stereocenters. The van der Waals surface area contributed by atoms with Crippen molar-refractivity contribution >= 4 is 8.32 Å². The summed E-state index contributed by atoms with van der Waals surface area (Å²) >= 11 is 0. The predicted octanol–water partition coefficient (Wildman–Crippen LogP) is 2.45. The molecule has 3 atom stereocenters. The van der Waals surface area contributed by atoms with Crippen molar-refractivity contribution in [1.82, 2.24) is 9.55 Å². The van der Waals surface area contributed by atoms with Gasteiger partial charge in [-0.2, -0.15) is 9.37 Å². The Labute approximate surface area is 135 Å². The summed E-state index contributed by atoms with van der Waals surface area (Å²) in [5.41, 5.74) is -0.911. The van der Waals surface area contributed by atoms with E-state index in [-0.39, 0.29) is 29.5 Å². The highest BCUT2D eigenvalue weighted by Crippen LogP contribution is 2.40. The molecule has 0 radical (unpaired) electrons. The van der Waals surface area contributed by atoms with E-state index >= 15 is 0 Å². The molecule has 0 amide bonds. The van der Waals surface area contributed by atoms with E-state index < -0.39 is 19.7 Å². The fraction of sp³-hybridized carbons (Fsp3) is 0.733. The SMILES string of the molecule is CC(C)(C)[Si](C)(C)OC[C@H]1O[C@@H]2C[C@H]1Oc1nc(=O)c(F)cn12. The van der Waals surface area contributed by atoms with E-state index in [1.54, 1.807) is 0 Å². The third kappa shape index (κ3) is 2.95. The summed E-state index contributed by atoms with van der Waals surface area (Å²) in [4.78, 5) is 15.0. The molecular formula is C15H23FN2O4Si. The fourth-order valence-electron chi connectivity index (χ4n) is 2.51. The van der Waals surface area contributed by atoms with Crippen LogP contribution in [0.1, 0.15) is 33.4 Å². The van der Waals surface area contributed by atoms with Crippen LogP contribution in [-0.2, 0) is 9.16 Å². The number of ether oxygens (including phenoxy) is 2. The molecule has 2 aliphatic rings. The zero-order valence-electron chi connectivity index (χ0n) is 14.1. The number of hydrogen-bond donors (Lipinski definition) is 0. The van der Waals surface area contributed by atoms with Crippen LogP contribution in [0.3, 0.4) is 0 Å². The first-order valence-electron chi connectivity index (χ1n) is 7.83. The van der Waals surface area contributed by atoms with Gasteiger partial charge in [0, 0.05) is 6.42 Å². The zero-order chi connectivity index (χ0) is 17.0. The first-order chi connectivity index (χ1) is 10.6. The Morgan fingerprint density at radius 1 is 1.48 bits per heavy atom. The molecule has 2 bridgehead atoms. The first kappa shape index (κ1) is 16.6. The van der Waals surface area contributed by atoms with Gasteiger partial charge < -0.3 is 13.9 Å². The zero-order valence-corrected chi connectivity index (χ0v) is 15.1. The molecule has 6 nitrogen and oxygen atoms in total. The van der Waals surface area contributed by atoms with Crippen molar-refractivity contribution in [3.8, 4) is 6.01 Å².